The van der Waals surface area contributed by atoms with E-state index in [-0.39, 0.29) is 11.7 Å². The van der Waals surface area contributed by atoms with E-state index in [2.05, 4.69) is 19.9 Å². The number of hydrogen-bond donors (Lipinski definition) is 2. The van der Waals surface area contributed by atoms with Crippen LogP contribution in [0.3, 0.4) is 0 Å². The van der Waals surface area contributed by atoms with E-state index in [4.69, 9.17) is 16.0 Å². The van der Waals surface area contributed by atoms with Crippen molar-refractivity contribution in [3.8, 4) is 11.1 Å². The third kappa shape index (κ3) is 5.58. The summed E-state index contributed by atoms with van der Waals surface area (Å²) >= 11 is 0. The Balaban J connectivity index is 1.38. The lowest BCUT2D eigenvalue weighted by Gasteiger charge is -2.35. The van der Waals surface area contributed by atoms with E-state index in [9.17, 15) is 4.39 Å². The Hall–Kier alpha value is -3.23. The highest BCUT2D eigenvalue weighted by Gasteiger charge is 2.19. The fraction of sp³-hybridized carbons (Fsp3) is 0.360. The minimum absolute atomic E-state index is 0.112. The topological polar surface area (TPSA) is 96.9 Å². The van der Waals surface area contributed by atoms with Crippen LogP contribution in [0.25, 0.3) is 11.1 Å². The summed E-state index contributed by atoms with van der Waals surface area (Å²) in [5.74, 6) is 0.770. The minimum atomic E-state index is -0.252. The van der Waals surface area contributed by atoms with Gasteiger partial charge in [-0.2, -0.15) is 0 Å². The Kier molecular flexibility index (Phi) is 7.36. The van der Waals surface area contributed by atoms with Crippen LogP contribution < -0.4 is 11.5 Å². The van der Waals surface area contributed by atoms with E-state index < -0.39 is 0 Å². The lowest BCUT2D eigenvalue weighted by atomic mass is 9.94. The van der Waals surface area contributed by atoms with E-state index in [1.54, 1.807) is 6.07 Å². The minimum Gasteiger partial charge on any atom is -0.370 e. The van der Waals surface area contributed by atoms with E-state index in [0.29, 0.717) is 30.4 Å². The molecule has 1 aliphatic heterocycles. The first-order valence-corrected chi connectivity index (χ1v) is 11.3. The van der Waals surface area contributed by atoms with Crippen molar-refractivity contribution < 1.29 is 8.91 Å². The predicted octanol–water partition coefficient (Wildman–Crippen LogP) is 3.02. The molecule has 4 rings (SSSR count). The lowest BCUT2D eigenvalue weighted by molar-refractivity contribution is 0.185. The summed E-state index contributed by atoms with van der Waals surface area (Å²) in [6.45, 7) is 7.39. The van der Waals surface area contributed by atoms with Crippen molar-refractivity contribution in [2.24, 2.45) is 16.5 Å². The number of nitrogens with two attached hydrogens (primary N) is 2. The molecule has 1 fully saturated rings. The standard InChI is InChI=1S/C25H31FN6O/c1-18(20-7-8-22(23(26)15-20)19-5-3-2-4-6-19)24-16-21(33-30-24)17-29-25(28)32-13-11-31(10-9-27)12-14-32/h2-8,15-16,18H,9-14,17,27H2,1H3,(H2,28,29). The number of benzene rings is 2. The Labute approximate surface area is 193 Å². The van der Waals surface area contributed by atoms with Gasteiger partial charge in [0.05, 0.1) is 5.69 Å². The molecule has 2 heterocycles. The zero-order valence-electron chi connectivity index (χ0n) is 19.0. The summed E-state index contributed by atoms with van der Waals surface area (Å²) in [6, 6.07) is 16.7. The van der Waals surface area contributed by atoms with Gasteiger partial charge in [-0.25, -0.2) is 9.38 Å². The van der Waals surface area contributed by atoms with Crippen molar-refractivity contribution in [1.82, 2.24) is 15.0 Å². The molecule has 3 aromatic rings. The van der Waals surface area contributed by atoms with E-state index in [1.165, 1.54) is 0 Å². The molecule has 0 bridgehead atoms. The molecular formula is C25H31FN6O. The van der Waals surface area contributed by atoms with Gasteiger partial charge in [-0.1, -0.05) is 54.5 Å². The molecular weight excluding hydrogens is 419 g/mol. The molecule has 0 radical (unpaired) electrons. The fourth-order valence-electron chi connectivity index (χ4n) is 4.07. The first-order valence-electron chi connectivity index (χ1n) is 11.3. The largest absolute Gasteiger partial charge is 0.370 e. The van der Waals surface area contributed by atoms with Crippen LogP contribution in [-0.2, 0) is 6.54 Å². The Morgan fingerprint density at radius 3 is 2.58 bits per heavy atom. The molecule has 174 valence electrons. The zero-order valence-corrected chi connectivity index (χ0v) is 19.0. The Morgan fingerprint density at radius 1 is 1.12 bits per heavy atom. The van der Waals surface area contributed by atoms with Crippen molar-refractivity contribution in [2.75, 3.05) is 39.3 Å². The Morgan fingerprint density at radius 2 is 1.88 bits per heavy atom. The van der Waals surface area contributed by atoms with Crippen molar-refractivity contribution >= 4 is 5.96 Å². The van der Waals surface area contributed by atoms with Crippen molar-refractivity contribution in [1.29, 1.82) is 0 Å². The van der Waals surface area contributed by atoms with Gasteiger partial charge >= 0.3 is 0 Å². The van der Waals surface area contributed by atoms with Crippen LogP contribution in [0.5, 0.6) is 0 Å². The summed E-state index contributed by atoms with van der Waals surface area (Å²) < 4.78 is 20.3. The Bertz CT molecular complexity index is 1080. The quantitative estimate of drug-likeness (QED) is 0.424. The number of piperazine rings is 1. The molecule has 2 aromatic carbocycles. The molecule has 7 nitrogen and oxygen atoms in total. The SMILES string of the molecule is CC(c1ccc(-c2ccccc2)c(F)c1)c1cc(C/N=C(/N)N2CCN(CCN)CC2)on1. The molecule has 0 spiro atoms. The monoisotopic (exact) mass is 450 g/mol. The van der Waals surface area contributed by atoms with Gasteiger partial charge in [0.25, 0.3) is 0 Å². The van der Waals surface area contributed by atoms with Crippen LogP contribution >= 0.6 is 0 Å². The van der Waals surface area contributed by atoms with Crippen molar-refractivity contribution in [3.05, 3.63) is 77.4 Å². The first-order chi connectivity index (χ1) is 16.0. The lowest BCUT2D eigenvalue weighted by Crippen LogP contribution is -2.51. The van der Waals surface area contributed by atoms with Gasteiger partial charge < -0.3 is 20.9 Å². The van der Waals surface area contributed by atoms with Gasteiger partial charge in [-0.15, -0.1) is 0 Å². The summed E-state index contributed by atoms with van der Waals surface area (Å²) in [4.78, 5) is 8.87. The van der Waals surface area contributed by atoms with Crippen LogP contribution in [0.15, 0.2) is 64.1 Å². The number of aromatic nitrogens is 1. The molecule has 33 heavy (non-hydrogen) atoms. The molecule has 8 heteroatoms. The predicted molar refractivity (Wildman–Crippen MR) is 128 cm³/mol. The molecule has 0 amide bonds. The normalized spacial score (nSPS) is 16.2. The highest BCUT2D eigenvalue weighted by Crippen LogP contribution is 2.29. The molecule has 1 aromatic heterocycles. The van der Waals surface area contributed by atoms with Gasteiger partial charge in [-0.05, 0) is 17.2 Å². The van der Waals surface area contributed by atoms with Crippen LogP contribution in [0, 0.1) is 5.82 Å². The smallest absolute Gasteiger partial charge is 0.191 e. The summed E-state index contributed by atoms with van der Waals surface area (Å²) in [5, 5.41) is 4.18. The molecule has 4 N–H and O–H groups in total. The van der Waals surface area contributed by atoms with Gasteiger partial charge in [0, 0.05) is 56.8 Å². The zero-order chi connectivity index (χ0) is 23.2. The van der Waals surface area contributed by atoms with Gasteiger partial charge in [0.1, 0.15) is 12.4 Å². The second-order valence-corrected chi connectivity index (χ2v) is 8.34. The van der Waals surface area contributed by atoms with Gasteiger partial charge in [-0.3, -0.25) is 4.90 Å². The van der Waals surface area contributed by atoms with Gasteiger partial charge in [0.15, 0.2) is 11.7 Å². The second-order valence-electron chi connectivity index (χ2n) is 8.34. The van der Waals surface area contributed by atoms with Crippen LogP contribution in [-0.4, -0.2) is 60.2 Å². The van der Waals surface area contributed by atoms with E-state index in [1.807, 2.05) is 55.5 Å². The molecule has 1 saturated heterocycles. The van der Waals surface area contributed by atoms with Crippen LogP contribution in [0.2, 0.25) is 0 Å². The second kappa shape index (κ2) is 10.6. The highest BCUT2D eigenvalue weighted by atomic mass is 19.1. The third-order valence-corrected chi connectivity index (χ3v) is 6.14. The average Bonchev–Trinajstić information content (AvgIpc) is 3.32. The maximum absolute atomic E-state index is 14.8. The molecule has 1 atom stereocenters. The fourth-order valence-corrected chi connectivity index (χ4v) is 4.07. The van der Waals surface area contributed by atoms with Crippen molar-refractivity contribution in [2.45, 2.75) is 19.4 Å². The maximum atomic E-state index is 14.8. The maximum Gasteiger partial charge on any atom is 0.191 e. The average molecular weight is 451 g/mol. The molecule has 1 aliphatic rings. The first kappa shape index (κ1) is 22.9. The molecule has 0 aliphatic carbocycles. The van der Waals surface area contributed by atoms with Gasteiger partial charge in [0.2, 0.25) is 0 Å². The summed E-state index contributed by atoms with van der Waals surface area (Å²) in [6.07, 6.45) is 0. The van der Waals surface area contributed by atoms with Crippen LogP contribution in [0.4, 0.5) is 4.39 Å². The number of aliphatic imine (C=N–C) groups is 1. The highest BCUT2D eigenvalue weighted by molar-refractivity contribution is 5.78. The van der Waals surface area contributed by atoms with E-state index in [0.717, 1.165) is 49.5 Å². The van der Waals surface area contributed by atoms with E-state index >= 15 is 0 Å². The number of hydrogen-bond acceptors (Lipinski definition) is 5. The number of halogens is 1. The van der Waals surface area contributed by atoms with Crippen LogP contribution in [0.1, 0.15) is 29.9 Å². The third-order valence-electron chi connectivity index (χ3n) is 6.14. The summed E-state index contributed by atoms with van der Waals surface area (Å²) in [7, 11) is 0. The summed E-state index contributed by atoms with van der Waals surface area (Å²) in [5.41, 5.74) is 14.8. The molecule has 0 saturated carbocycles. The molecule has 1 unspecified atom stereocenters. The number of guanidine groups is 1. The number of nitrogens with zero attached hydrogens (tertiary/aromatic N) is 4. The van der Waals surface area contributed by atoms with Crippen molar-refractivity contribution in [3.63, 3.8) is 0 Å². The number of rotatable bonds is 7.